The summed E-state index contributed by atoms with van der Waals surface area (Å²) in [5, 5.41) is 23.9. The summed E-state index contributed by atoms with van der Waals surface area (Å²) >= 11 is 1.51. The van der Waals surface area contributed by atoms with Crippen LogP contribution in [0.15, 0.2) is 5.16 Å². The molecule has 0 radical (unpaired) electrons. The average Bonchev–Trinajstić information content (AvgIpc) is 2.90. The van der Waals surface area contributed by atoms with Gasteiger partial charge in [-0.15, -0.1) is 5.10 Å². The van der Waals surface area contributed by atoms with E-state index in [0.29, 0.717) is 13.0 Å². The fraction of sp³-hybridized carbons (Fsp3) is 0.833. The van der Waals surface area contributed by atoms with E-state index in [9.17, 15) is 4.79 Å². The second-order valence-electron chi connectivity index (χ2n) is 5.02. The van der Waals surface area contributed by atoms with Crippen molar-refractivity contribution in [1.29, 1.82) is 0 Å². The number of aliphatic hydroxyl groups is 1. The van der Waals surface area contributed by atoms with Gasteiger partial charge in [0.05, 0.1) is 0 Å². The number of urea groups is 1. The first-order chi connectivity index (χ1) is 10.2. The minimum atomic E-state index is -0.0372. The summed E-state index contributed by atoms with van der Waals surface area (Å²) in [6, 6.07) is 0.129. The third-order valence-electron chi connectivity index (χ3n) is 3.54. The minimum Gasteiger partial charge on any atom is -0.396 e. The Labute approximate surface area is 128 Å². The molecule has 0 aliphatic carbocycles. The van der Waals surface area contributed by atoms with Crippen LogP contribution in [0.2, 0.25) is 0 Å². The predicted molar refractivity (Wildman–Crippen MR) is 79.0 cm³/mol. The number of hydrogen-bond acceptors (Lipinski definition) is 6. The second kappa shape index (κ2) is 8.18. The predicted octanol–water partition coefficient (Wildman–Crippen LogP) is 0.249. The molecule has 0 saturated carbocycles. The second-order valence-corrected chi connectivity index (χ2v) is 6.08. The van der Waals surface area contributed by atoms with Gasteiger partial charge in [-0.2, -0.15) is 0 Å². The molecular weight excluding hydrogens is 292 g/mol. The van der Waals surface area contributed by atoms with Gasteiger partial charge in [-0.3, -0.25) is 0 Å². The van der Waals surface area contributed by atoms with E-state index in [1.165, 1.54) is 11.8 Å². The molecule has 2 rings (SSSR count). The van der Waals surface area contributed by atoms with Crippen LogP contribution in [0.3, 0.4) is 0 Å². The fourth-order valence-corrected chi connectivity index (χ4v) is 3.17. The summed E-state index contributed by atoms with van der Waals surface area (Å²) in [4.78, 5) is 14.0. The molecule has 1 saturated heterocycles. The number of likely N-dealkylation sites (tertiary alicyclic amines) is 1. The highest BCUT2D eigenvalue weighted by molar-refractivity contribution is 7.99. The highest BCUT2D eigenvalue weighted by Crippen LogP contribution is 2.19. The lowest BCUT2D eigenvalue weighted by molar-refractivity contribution is 0.132. The highest BCUT2D eigenvalue weighted by Gasteiger charge is 2.25. The van der Waals surface area contributed by atoms with Gasteiger partial charge in [-0.05, 0) is 36.1 Å². The molecule has 8 nitrogen and oxygen atoms in total. The Morgan fingerprint density at radius 3 is 3.10 bits per heavy atom. The fourth-order valence-electron chi connectivity index (χ4n) is 2.46. The van der Waals surface area contributed by atoms with Crippen molar-refractivity contribution >= 4 is 17.8 Å². The number of rotatable bonds is 6. The van der Waals surface area contributed by atoms with Crippen molar-refractivity contribution < 1.29 is 9.90 Å². The number of nitrogens with one attached hydrogen (secondary N) is 1. The zero-order chi connectivity index (χ0) is 15.1. The normalized spacial score (nSPS) is 18.8. The van der Waals surface area contributed by atoms with Gasteiger partial charge in [0.2, 0.25) is 5.16 Å². The Kier molecular flexibility index (Phi) is 6.24. The monoisotopic (exact) mass is 314 g/mol. The molecule has 0 bridgehead atoms. The summed E-state index contributed by atoms with van der Waals surface area (Å²) in [7, 11) is 1.79. The molecule has 2 heterocycles. The number of carbonyl (C=O) groups is 1. The molecule has 2 N–H and O–H groups in total. The van der Waals surface area contributed by atoms with E-state index < -0.39 is 0 Å². The van der Waals surface area contributed by atoms with Crippen LogP contribution in [0.5, 0.6) is 0 Å². The zero-order valence-corrected chi connectivity index (χ0v) is 13.1. The summed E-state index contributed by atoms with van der Waals surface area (Å²) in [6.45, 7) is 1.47. The standard InChI is InChI=1S/C12H22N6O2S/c1-17-12(14-15-16-17)21-9-6-13-11(20)18-7-3-2-4-10(18)5-8-19/h10,19H,2-9H2,1H3,(H,13,20). The van der Waals surface area contributed by atoms with E-state index in [-0.39, 0.29) is 18.7 Å². The summed E-state index contributed by atoms with van der Waals surface area (Å²) in [5.74, 6) is 0.721. The summed E-state index contributed by atoms with van der Waals surface area (Å²) < 4.78 is 1.61. The van der Waals surface area contributed by atoms with Crippen LogP contribution < -0.4 is 5.32 Å². The lowest BCUT2D eigenvalue weighted by Crippen LogP contribution is -2.49. The number of carbonyl (C=O) groups excluding carboxylic acids is 1. The third-order valence-corrected chi connectivity index (χ3v) is 4.55. The molecule has 2 amide bonds. The van der Waals surface area contributed by atoms with Gasteiger partial charge in [-0.1, -0.05) is 11.8 Å². The summed E-state index contributed by atoms with van der Waals surface area (Å²) in [6.07, 6.45) is 3.80. The molecule has 1 aliphatic heterocycles. The lowest BCUT2D eigenvalue weighted by atomic mass is 10.0. The molecule has 21 heavy (non-hydrogen) atoms. The number of aromatic nitrogens is 4. The van der Waals surface area contributed by atoms with E-state index in [2.05, 4.69) is 20.8 Å². The Balaban J connectivity index is 1.71. The highest BCUT2D eigenvalue weighted by atomic mass is 32.2. The molecule has 1 atom stereocenters. The first-order valence-corrected chi connectivity index (χ1v) is 8.21. The Morgan fingerprint density at radius 1 is 1.52 bits per heavy atom. The Bertz CT molecular complexity index is 453. The van der Waals surface area contributed by atoms with Crippen molar-refractivity contribution in [2.75, 3.05) is 25.4 Å². The molecule has 1 unspecified atom stereocenters. The molecule has 1 fully saturated rings. The van der Waals surface area contributed by atoms with E-state index >= 15 is 0 Å². The van der Waals surface area contributed by atoms with Crippen LogP contribution >= 0.6 is 11.8 Å². The molecule has 1 aromatic rings. The van der Waals surface area contributed by atoms with Crippen LogP contribution in [-0.2, 0) is 7.05 Å². The maximum atomic E-state index is 12.2. The number of nitrogens with zero attached hydrogens (tertiary/aromatic N) is 5. The van der Waals surface area contributed by atoms with Crippen molar-refractivity contribution in [3.05, 3.63) is 0 Å². The van der Waals surface area contributed by atoms with Gasteiger partial charge in [0.1, 0.15) is 0 Å². The number of aliphatic hydroxyl groups excluding tert-OH is 1. The van der Waals surface area contributed by atoms with Gasteiger partial charge in [0.15, 0.2) is 0 Å². The number of tetrazole rings is 1. The zero-order valence-electron chi connectivity index (χ0n) is 12.2. The van der Waals surface area contributed by atoms with E-state index in [1.807, 2.05) is 4.90 Å². The van der Waals surface area contributed by atoms with E-state index in [4.69, 9.17) is 5.11 Å². The van der Waals surface area contributed by atoms with Crippen molar-refractivity contribution in [3.63, 3.8) is 0 Å². The smallest absolute Gasteiger partial charge is 0.317 e. The van der Waals surface area contributed by atoms with Gasteiger partial charge >= 0.3 is 6.03 Å². The molecule has 0 spiro atoms. The Morgan fingerprint density at radius 2 is 2.38 bits per heavy atom. The average molecular weight is 314 g/mol. The Hall–Kier alpha value is -1.35. The molecule has 1 aromatic heterocycles. The molecular formula is C12H22N6O2S. The van der Waals surface area contributed by atoms with E-state index in [1.54, 1.807) is 11.7 Å². The SMILES string of the molecule is Cn1nnnc1SCCNC(=O)N1CCCCC1CCO. The third kappa shape index (κ3) is 4.57. The maximum Gasteiger partial charge on any atom is 0.317 e. The van der Waals surface area contributed by atoms with Crippen LogP contribution in [0, 0.1) is 0 Å². The van der Waals surface area contributed by atoms with Gasteiger partial charge in [0.25, 0.3) is 0 Å². The molecule has 1 aliphatic rings. The van der Waals surface area contributed by atoms with Crippen molar-refractivity contribution in [2.24, 2.45) is 7.05 Å². The van der Waals surface area contributed by atoms with Crippen molar-refractivity contribution in [3.8, 4) is 0 Å². The first kappa shape index (κ1) is 16.0. The number of thioether (sulfide) groups is 1. The van der Waals surface area contributed by atoms with Crippen LogP contribution in [-0.4, -0.2) is 67.7 Å². The summed E-state index contributed by atoms with van der Waals surface area (Å²) in [5.41, 5.74) is 0. The number of piperidine rings is 1. The van der Waals surface area contributed by atoms with Crippen LogP contribution in [0.4, 0.5) is 4.79 Å². The first-order valence-electron chi connectivity index (χ1n) is 7.23. The lowest BCUT2D eigenvalue weighted by Gasteiger charge is -2.35. The van der Waals surface area contributed by atoms with Crippen molar-refractivity contribution in [1.82, 2.24) is 30.4 Å². The van der Waals surface area contributed by atoms with Gasteiger partial charge in [0, 0.05) is 38.5 Å². The van der Waals surface area contributed by atoms with Gasteiger partial charge in [-0.25, -0.2) is 9.48 Å². The van der Waals surface area contributed by atoms with E-state index in [0.717, 1.165) is 36.7 Å². The molecule has 9 heteroatoms. The maximum absolute atomic E-state index is 12.2. The van der Waals surface area contributed by atoms with Gasteiger partial charge < -0.3 is 15.3 Å². The topological polar surface area (TPSA) is 96.2 Å². The largest absolute Gasteiger partial charge is 0.396 e. The van der Waals surface area contributed by atoms with Crippen LogP contribution in [0.25, 0.3) is 0 Å². The molecule has 118 valence electrons. The quantitative estimate of drug-likeness (QED) is 0.577. The van der Waals surface area contributed by atoms with Crippen LogP contribution in [0.1, 0.15) is 25.7 Å². The number of aryl methyl sites for hydroxylation is 1. The van der Waals surface area contributed by atoms with Crippen molar-refractivity contribution in [2.45, 2.75) is 36.9 Å². The number of hydrogen-bond donors (Lipinski definition) is 2. The number of amides is 2. The molecule has 0 aromatic carbocycles. The minimum absolute atomic E-state index is 0.0372.